The van der Waals surface area contributed by atoms with Gasteiger partial charge in [0, 0.05) is 0 Å². The van der Waals surface area contributed by atoms with Crippen molar-refractivity contribution in [3.8, 4) is 0 Å². The number of allylic oxidation sites excluding steroid dienone is 1. The minimum Gasteiger partial charge on any atom is -0.544 e. The summed E-state index contributed by atoms with van der Waals surface area (Å²) >= 11 is 0. The van der Waals surface area contributed by atoms with Crippen molar-refractivity contribution in [2.24, 2.45) is 22.7 Å². The Labute approximate surface area is 185 Å². The number of rotatable bonds is 8. The van der Waals surface area contributed by atoms with Gasteiger partial charge in [0.1, 0.15) is 12.6 Å². The molecule has 1 aromatic heterocycles. The van der Waals surface area contributed by atoms with Crippen molar-refractivity contribution in [2.75, 3.05) is 7.11 Å². The van der Waals surface area contributed by atoms with Crippen LogP contribution in [0.5, 0.6) is 0 Å². The number of carboxylic acids is 1. The van der Waals surface area contributed by atoms with Crippen molar-refractivity contribution >= 4 is 11.9 Å². The molecule has 2 N–H and O–H groups in total. The van der Waals surface area contributed by atoms with Gasteiger partial charge in [-0.25, -0.2) is 0 Å². The van der Waals surface area contributed by atoms with Crippen LogP contribution < -0.4 is 10.4 Å². The second-order valence-electron chi connectivity index (χ2n) is 10.0. The van der Waals surface area contributed by atoms with Crippen LogP contribution in [0.3, 0.4) is 0 Å². The maximum absolute atomic E-state index is 12.7. The maximum atomic E-state index is 12.7. The highest BCUT2D eigenvalue weighted by Gasteiger charge is 2.57. The molecule has 0 amide bonds. The van der Waals surface area contributed by atoms with E-state index < -0.39 is 17.4 Å². The number of aryl methyl sites for hydroxylation is 1. The Kier molecular flexibility index (Phi) is 6.99. The molecule has 0 aromatic carbocycles. The number of carboxylic acid groups (broad SMARTS) is 1. The molecule has 2 saturated carbocycles. The normalized spacial score (nSPS) is 31.7. The van der Waals surface area contributed by atoms with Gasteiger partial charge in [-0.1, -0.05) is 25.5 Å². The quantitative estimate of drug-likeness (QED) is 0.504. The van der Waals surface area contributed by atoms with E-state index in [4.69, 9.17) is 9.15 Å². The molecule has 172 valence electrons. The Morgan fingerprint density at radius 3 is 2.81 bits per heavy atom. The van der Waals surface area contributed by atoms with E-state index in [0.717, 1.165) is 56.3 Å². The van der Waals surface area contributed by atoms with E-state index in [0.29, 0.717) is 12.5 Å². The van der Waals surface area contributed by atoms with Crippen LogP contribution >= 0.6 is 0 Å². The fourth-order valence-corrected chi connectivity index (χ4v) is 6.41. The third kappa shape index (κ3) is 4.45. The molecule has 6 heteroatoms. The molecule has 31 heavy (non-hydrogen) atoms. The molecule has 2 aliphatic carbocycles. The number of carbonyl (C=O) groups excluding carboxylic acids is 2. The molecule has 6 nitrogen and oxygen atoms in total. The number of aliphatic carboxylic acids is 1. The Balaban J connectivity index is 1.75. The number of hydrogen-bond donors (Lipinski definition) is 1. The molecular weight excluding hydrogens is 394 g/mol. The monoisotopic (exact) mass is 431 g/mol. The van der Waals surface area contributed by atoms with E-state index in [1.54, 1.807) is 18.5 Å². The molecule has 1 aromatic rings. The highest BCUT2D eigenvalue weighted by molar-refractivity contribution is 5.77. The van der Waals surface area contributed by atoms with Gasteiger partial charge in [0.15, 0.2) is 5.76 Å². The third-order valence-electron chi connectivity index (χ3n) is 8.24. The van der Waals surface area contributed by atoms with E-state index in [9.17, 15) is 14.7 Å². The van der Waals surface area contributed by atoms with Crippen LogP contribution in [0.25, 0.3) is 0 Å². The van der Waals surface area contributed by atoms with Gasteiger partial charge in [0.2, 0.25) is 0 Å². The molecule has 1 heterocycles. The van der Waals surface area contributed by atoms with Crippen molar-refractivity contribution in [3.63, 3.8) is 0 Å². The van der Waals surface area contributed by atoms with Crippen LogP contribution in [0.2, 0.25) is 0 Å². The van der Waals surface area contributed by atoms with Crippen LogP contribution in [0.15, 0.2) is 28.9 Å². The molecule has 2 fully saturated rings. The van der Waals surface area contributed by atoms with E-state index in [1.807, 2.05) is 6.07 Å². The third-order valence-corrected chi connectivity index (χ3v) is 8.24. The second-order valence-corrected chi connectivity index (χ2v) is 10.0. The van der Waals surface area contributed by atoms with Gasteiger partial charge in [-0.2, -0.15) is 0 Å². The van der Waals surface area contributed by atoms with Gasteiger partial charge in [-0.3, -0.25) is 4.79 Å². The van der Waals surface area contributed by atoms with Crippen molar-refractivity contribution < 1.29 is 29.2 Å². The summed E-state index contributed by atoms with van der Waals surface area (Å²) < 4.78 is 10.9. The lowest BCUT2D eigenvalue weighted by molar-refractivity contribution is -0.696. The van der Waals surface area contributed by atoms with E-state index in [-0.39, 0.29) is 17.3 Å². The van der Waals surface area contributed by atoms with E-state index in [2.05, 4.69) is 20.4 Å². The Morgan fingerprint density at radius 1 is 1.39 bits per heavy atom. The Morgan fingerprint density at radius 2 is 2.13 bits per heavy atom. The summed E-state index contributed by atoms with van der Waals surface area (Å²) in [6.07, 6.45) is 8.43. The zero-order valence-corrected chi connectivity index (χ0v) is 19.4. The fraction of sp³-hybridized carbons (Fsp3) is 0.680. The van der Waals surface area contributed by atoms with Crippen LogP contribution in [0, 0.1) is 22.7 Å². The van der Waals surface area contributed by atoms with Crippen LogP contribution in [0.1, 0.15) is 70.6 Å². The Hall–Kier alpha value is -2.08. The first-order chi connectivity index (χ1) is 14.6. The van der Waals surface area contributed by atoms with E-state index >= 15 is 0 Å². The molecule has 0 saturated heterocycles. The van der Waals surface area contributed by atoms with Crippen molar-refractivity contribution in [2.45, 2.75) is 78.3 Å². The summed E-state index contributed by atoms with van der Waals surface area (Å²) in [4.78, 5) is 23.7. The average molecular weight is 432 g/mol. The van der Waals surface area contributed by atoms with E-state index in [1.165, 1.54) is 12.7 Å². The lowest BCUT2D eigenvalue weighted by atomic mass is 9.46. The van der Waals surface area contributed by atoms with Gasteiger partial charge in [-0.05, 0) is 81.3 Å². The molecule has 0 spiro atoms. The van der Waals surface area contributed by atoms with Crippen molar-refractivity contribution in [1.82, 2.24) is 0 Å². The number of fused-ring (bicyclic) bond motifs is 1. The molecule has 0 bridgehead atoms. The maximum Gasteiger partial charge on any atom is 0.311 e. The number of furan rings is 1. The van der Waals surface area contributed by atoms with Crippen molar-refractivity contribution in [3.05, 3.63) is 35.8 Å². The first-order valence-electron chi connectivity index (χ1n) is 11.5. The lowest BCUT2D eigenvalue weighted by Crippen LogP contribution is -2.90. The Bertz CT molecular complexity index is 830. The zero-order chi connectivity index (χ0) is 22.8. The van der Waals surface area contributed by atoms with Crippen LogP contribution in [-0.2, 0) is 27.3 Å². The SMILES string of the molecule is C=C1CC[C@H]2[C@](C)(CCC[C@@]2(C)C(=O)OC)[C@@H]1CCc1ccoc1C[NH2+][C@H](C)C(=O)[O-]. The van der Waals surface area contributed by atoms with Gasteiger partial charge < -0.3 is 24.4 Å². The first-order valence-corrected chi connectivity index (χ1v) is 11.5. The highest BCUT2D eigenvalue weighted by atomic mass is 16.5. The molecule has 2 aliphatic rings. The standard InChI is InChI=1S/C25H37NO5/c1-16-7-10-21-24(3,12-6-13-25(21,4)23(29)30-5)19(16)9-8-18-11-14-31-20(18)15-26-17(2)22(27)28/h11,14,17,19,21,26H,1,6-10,12-13,15H2,2-5H3,(H,27,28)/t17-,19-,21+,24-,25-/m1/s1. The second kappa shape index (κ2) is 9.19. The minimum absolute atomic E-state index is 0.0238. The fourth-order valence-electron chi connectivity index (χ4n) is 6.41. The molecular formula is C25H37NO5. The number of ether oxygens (including phenoxy) is 1. The van der Waals surface area contributed by atoms with Gasteiger partial charge in [-0.15, -0.1) is 0 Å². The highest BCUT2D eigenvalue weighted by Crippen LogP contribution is 2.62. The largest absolute Gasteiger partial charge is 0.544 e. The summed E-state index contributed by atoms with van der Waals surface area (Å²) in [5, 5.41) is 12.7. The molecule has 0 aliphatic heterocycles. The van der Waals surface area contributed by atoms with Gasteiger partial charge >= 0.3 is 5.97 Å². The van der Waals surface area contributed by atoms with Gasteiger partial charge in [0.25, 0.3) is 0 Å². The predicted molar refractivity (Wildman–Crippen MR) is 115 cm³/mol. The number of quaternary nitrogens is 1. The van der Waals surface area contributed by atoms with Crippen LogP contribution in [-0.4, -0.2) is 25.1 Å². The number of methoxy groups -OCH3 is 1. The van der Waals surface area contributed by atoms with Gasteiger partial charge in [0.05, 0.1) is 24.8 Å². The summed E-state index contributed by atoms with van der Waals surface area (Å²) in [5.74, 6) is 0.294. The zero-order valence-electron chi connectivity index (χ0n) is 19.4. The molecule has 0 radical (unpaired) electrons. The topological polar surface area (TPSA) is 96.2 Å². The molecule has 3 rings (SSSR count). The lowest BCUT2D eigenvalue weighted by Gasteiger charge is -2.57. The number of nitrogens with two attached hydrogens (primary N) is 1. The summed E-state index contributed by atoms with van der Waals surface area (Å²) in [6, 6.07) is 1.37. The number of hydrogen-bond acceptors (Lipinski definition) is 5. The number of esters is 1. The summed E-state index contributed by atoms with van der Waals surface area (Å²) in [6.45, 7) is 11.0. The average Bonchev–Trinajstić information content (AvgIpc) is 3.17. The smallest absolute Gasteiger partial charge is 0.311 e. The molecule has 5 atom stereocenters. The van der Waals surface area contributed by atoms with Crippen molar-refractivity contribution in [1.29, 1.82) is 0 Å². The van der Waals surface area contributed by atoms with Crippen LogP contribution in [0.4, 0.5) is 0 Å². The minimum atomic E-state index is -1.07. The predicted octanol–water partition coefficient (Wildman–Crippen LogP) is 2.37. The summed E-state index contributed by atoms with van der Waals surface area (Å²) in [7, 11) is 1.50. The first kappa shape index (κ1) is 23.6. The summed E-state index contributed by atoms with van der Waals surface area (Å²) in [5.41, 5.74) is 2.00. The number of carbonyl (C=O) groups is 2. The molecule has 0 unspecified atom stereocenters.